The maximum absolute atomic E-state index is 13.1. The van der Waals surface area contributed by atoms with Gasteiger partial charge in [0.25, 0.3) is 11.8 Å². The van der Waals surface area contributed by atoms with Gasteiger partial charge in [-0.1, -0.05) is 25.5 Å². The fraction of sp³-hybridized carbons (Fsp3) is 0.250. The zero-order valence-corrected chi connectivity index (χ0v) is 18.8. The van der Waals surface area contributed by atoms with Crippen molar-refractivity contribution in [1.29, 1.82) is 0 Å². The molecule has 0 aliphatic rings. The molecule has 2 amide bonds. The lowest BCUT2D eigenvalue weighted by atomic mass is 10.1. The highest BCUT2D eigenvalue weighted by Gasteiger charge is 2.18. The van der Waals surface area contributed by atoms with Crippen molar-refractivity contribution >= 4 is 34.2 Å². The van der Waals surface area contributed by atoms with Gasteiger partial charge in [0.15, 0.2) is 0 Å². The van der Waals surface area contributed by atoms with E-state index in [0.717, 1.165) is 30.8 Å². The third-order valence-electron chi connectivity index (χ3n) is 5.54. The molecular weight excluding hydrogens is 420 g/mol. The molecule has 0 bridgehead atoms. The second-order valence-corrected chi connectivity index (χ2v) is 7.92. The third kappa shape index (κ3) is 4.57. The molecule has 0 fully saturated rings. The van der Waals surface area contributed by atoms with Gasteiger partial charge >= 0.3 is 5.69 Å². The van der Waals surface area contributed by atoms with Crippen molar-refractivity contribution in [2.24, 2.45) is 0 Å². The summed E-state index contributed by atoms with van der Waals surface area (Å²) in [7, 11) is 0. The van der Waals surface area contributed by atoms with Gasteiger partial charge in [-0.25, -0.2) is 4.79 Å². The van der Waals surface area contributed by atoms with Gasteiger partial charge in [-0.05, 0) is 50.6 Å². The number of carbonyl (C=O) groups excluding carboxylic acids is 2. The molecule has 0 atom stereocenters. The zero-order valence-electron chi connectivity index (χ0n) is 18.8. The van der Waals surface area contributed by atoms with Gasteiger partial charge in [0.1, 0.15) is 0 Å². The first-order chi connectivity index (χ1) is 15.9. The van der Waals surface area contributed by atoms with Gasteiger partial charge in [0, 0.05) is 12.1 Å². The van der Waals surface area contributed by atoms with Crippen molar-refractivity contribution < 1.29 is 9.59 Å². The number of aryl methyl sites for hydroxylation is 2. The Labute approximate surface area is 190 Å². The maximum Gasteiger partial charge on any atom is 0.323 e. The van der Waals surface area contributed by atoms with Crippen LogP contribution in [0.15, 0.2) is 47.3 Å². The SMILES string of the molecule is CCCCn1nc(C)c(NC(=O)c2ccccc2NC(=O)c2ccc3[nH]c(=O)[nH]c3c2)c1C. The lowest BCUT2D eigenvalue weighted by Crippen LogP contribution is -2.18. The van der Waals surface area contributed by atoms with E-state index in [1.807, 2.05) is 18.5 Å². The number of anilines is 2. The molecule has 33 heavy (non-hydrogen) atoms. The zero-order chi connectivity index (χ0) is 23.5. The molecule has 2 aromatic carbocycles. The minimum absolute atomic E-state index is 0.335. The van der Waals surface area contributed by atoms with Crippen LogP contribution in [0.1, 0.15) is 51.9 Å². The van der Waals surface area contributed by atoms with E-state index in [1.54, 1.807) is 42.5 Å². The van der Waals surface area contributed by atoms with Crippen LogP contribution in [0.3, 0.4) is 0 Å². The molecule has 4 rings (SSSR count). The van der Waals surface area contributed by atoms with Crippen molar-refractivity contribution in [3.63, 3.8) is 0 Å². The van der Waals surface area contributed by atoms with Crippen molar-refractivity contribution in [1.82, 2.24) is 19.7 Å². The second kappa shape index (κ2) is 9.15. The maximum atomic E-state index is 13.1. The topological polar surface area (TPSA) is 125 Å². The van der Waals surface area contributed by atoms with E-state index in [-0.39, 0.29) is 17.5 Å². The Kier molecular flexibility index (Phi) is 6.12. The molecule has 4 N–H and O–H groups in total. The van der Waals surface area contributed by atoms with E-state index in [0.29, 0.717) is 33.5 Å². The standard InChI is InChI=1S/C24H26N6O3/c1-4-5-12-30-15(3)21(14(2)29-30)28-23(32)17-8-6-7-9-18(17)25-22(31)16-10-11-19-20(13-16)27-24(33)26-19/h6-11,13H,4-5,12H2,1-3H3,(H,25,31)(H,28,32)(H2,26,27,33). The number of nitrogens with one attached hydrogen (secondary N) is 4. The Bertz CT molecular complexity index is 1390. The molecule has 170 valence electrons. The molecule has 0 saturated heterocycles. The Hall–Kier alpha value is -4.14. The largest absolute Gasteiger partial charge is 0.323 e. The molecule has 0 aliphatic heterocycles. The number of amides is 2. The van der Waals surface area contributed by atoms with E-state index >= 15 is 0 Å². The Balaban J connectivity index is 1.55. The summed E-state index contributed by atoms with van der Waals surface area (Å²) in [5.41, 5.74) is 4.20. The smallest absolute Gasteiger partial charge is 0.321 e. The highest BCUT2D eigenvalue weighted by atomic mass is 16.2. The molecule has 9 heteroatoms. The van der Waals surface area contributed by atoms with Crippen LogP contribution in [0.2, 0.25) is 0 Å². The lowest BCUT2D eigenvalue weighted by Gasteiger charge is -2.12. The number of rotatable bonds is 7. The van der Waals surface area contributed by atoms with Gasteiger partial charge in [-0.3, -0.25) is 14.3 Å². The van der Waals surface area contributed by atoms with Crippen LogP contribution in [0, 0.1) is 13.8 Å². The summed E-state index contributed by atoms with van der Waals surface area (Å²) in [5, 5.41) is 10.3. The van der Waals surface area contributed by atoms with Gasteiger partial charge in [-0.2, -0.15) is 5.10 Å². The molecule has 0 radical (unpaired) electrons. The van der Waals surface area contributed by atoms with Crippen LogP contribution >= 0.6 is 0 Å². The summed E-state index contributed by atoms with van der Waals surface area (Å²) in [6.07, 6.45) is 2.06. The van der Waals surface area contributed by atoms with Crippen LogP contribution < -0.4 is 16.3 Å². The Morgan fingerprint density at radius 1 is 1.00 bits per heavy atom. The van der Waals surface area contributed by atoms with Gasteiger partial charge < -0.3 is 20.6 Å². The van der Waals surface area contributed by atoms with Crippen LogP contribution in [0.25, 0.3) is 11.0 Å². The molecule has 0 spiro atoms. The average molecular weight is 447 g/mol. The first-order valence-corrected chi connectivity index (χ1v) is 10.8. The number of H-pyrrole nitrogens is 2. The number of unbranched alkanes of at least 4 members (excludes halogenated alkanes) is 1. The molecule has 9 nitrogen and oxygen atoms in total. The van der Waals surface area contributed by atoms with Crippen molar-refractivity contribution in [3.8, 4) is 0 Å². The number of para-hydroxylation sites is 1. The van der Waals surface area contributed by atoms with E-state index in [9.17, 15) is 14.4 Å². The second-order valence-electron chi connectivity index (χ2n) is 7.92. The molecule has 0 saturated carbocycles. The summed E-state index contributed by atoms with van der Waals surface area (Å²) in [4.78, 5) is 42.7. The lowest BCUT2D eigenvalue weighted by molar-refractivity contribution is 0.102. The Morgan fingerprint density at radius 3 is 2.55 bits per heavy atom. The molecule has 0 aliphatic carbocycles. The fourth-order valence-corrected chi connectivity index (χ4v) is 3.74. The van der Waals surface area contributed by atoms with Gasteiger partial charge in [0.05, 0.1) is 39.4 Å². The van der Waals surface area contributed by atoms with Crippen LogP contribution in [0.4, 0.5) is 11.4 Å². The fourth-order valence-electron chi connectivity index (χ4n) is 3.74. The van der Waals surface area contributed by atoms with Crippen LogP contribution in [-0.2, 0) is 6.54 Å². The van der Waals surface area contributed by atoms with Gasteiger partial charge in [-0.15, -0.1) is 0 Å². The van der Waals surface area contributed by atoms with Gasteiger partial charge in [0.2, 0.25) is 0 Å². The first-order valence-electron chi connectivity index (χ1n) is 10.8. The molecular formula is C24H26N6O3. The first kappa shape index (κ1) is 22.1. The predicted molar refractivity (Wildman–Crippen MR) is 128 cm³/mol. The number of aromatic nitrogens is 4. The van der Waals surface area contributed by atoms with Crippen molar-refractivity contribution in [2.75, 3.05) is 10.6 Å². The minimum Gasteiger partial charge on any atom is -0.321 e. The summed E-state index contributed by atoms with van der Waals surface area (Å²) in [5.74, 6) is -0.725. The van der Waals surface area contributed by atoms with Crippen molar-refractivity contribution in [3.05, 3.63) is 75.5 Å². The number of benzene rings is 2. The number of carbonyl (C=O) groups is 2. The normalized spacial score (nSPS) is 11.0. The minimum atomic E-state index is -0.390. The quantitative estimate of drug-likeness (QED) is 0.343. The summed E-state index contributed by atoms with van der Waals surface area (Å²) in [6.45, 7) is 6.71. The van der Waals surface area contributed by atoms with E-state index in [4.69, 9.17) is 0 Å². The van der Waals surface area contributed by atoms with Crippen LogP contribution in [0.5, 0.6) is 0 Å². The number of hydrogen-bond donors (Lipinski definition) is 4. The number of nitrogens with zero attached hydrogens (tertiary/aromatic N) is 2. The Morgan fingerprint density at radius 2 is 1.76 bits per heavy atom. The molecule has 4 aromatic rings. The highest BCUT2D eigenvalue weighted by Crippen LogP contribution is 2.23. The van der Waals surface area contributed by atoms with Crippen molar-refractivity contribution in [2.45, 2.75) is 40.2 Å². The molecule has 2 heterocycles. The van der Waals surface area contributed by atoms with E-state index < -0.39 is 0 Å². The third-order valence-corrected chi connectivity index (χ3v) is 5.54. The monoisotopic (exact) mass is 446 g/mol. The predicted octanol–water partition coefficient (Wildman–Crippen LogP) is 3.97. The summed E-state index contributed by atoms with van der Waals surface area (Å²) in [6, 6.07) is 11.7. The number of fused-ring (bicyclic) bond motifs is 1. The number of aromatic amines is 2. The molecule has 0 unspecified atom stereocenters. The van der Waals surface area contributed by atoms with E-state index in [1.165, 1.54) is 0 Å². The molecule has 2 aromatic heterocycles. The number of imidazole rings is 1. The average Bonchev–Trinajstić information content (AvgIpc) is 3.30. The summed E-state index contributed by atoms with van der Waals surface area (Å²) >= 11 is 0. The van der Waals surface area contributed by atoms with Crippen LogP contribution in [-0.4, -0.2) is 31.6 Å². The van der Waals surface area contributed by atoms with E-state index in [2.05, 4.69) is 32.6 Å². The highest BCUT2D eigenvalue weighted by molar-refractivity contribution is 6.13. The summed E-state index contributed by atoms with van der Waals surface area (Å²) < 4.78 is 1.91. The number of hydrogen-bond acceptors (Lipinski definition) is 4.